The maximum absolute atomic E-state index is 10.9. The first-order chi connectivity index (χ1) is 7.63. The van der Waals surface area contributed by atoms with Crippen molar-refractivity contribution in [2.75, 3.05) is 12.3 Å². The second kappa shape index (κ2) is 6.44. The Morgan fingerprint density at radius 1 is 1.69 bits per heavy atom. The first-order valence-corrected chi connectivity index (χ1v) is 6.00. The number of carbonyl (C=O) groups is 1. The van der Waals surface area contributed by atoms with Gasteiger partial charge in [0.2, 0.25) is 0 Å². The highest BCUT2D eigenvalue weighted by Crippen LogP contribution is 2.13. The van der Waals surface area contributed by atoms with Gasteiger partial charge in [0.1, 0.15) is 6.04 Å². The van der Waals surface area contributed by atoms with Crippen LogP contribution in [0.1, 0.15) is 12.6 Å². The molecule has 0 aliphatic rings. The van der Waals surface area contributed by atoms with E-state index in [2.05, 4.69) is 15.3 Å². The van der Waals surface area contributed by atoms with Gasteiger partial charge in [-0.25, -0.2) is 9.97 Å². The Morgan fingerprint density at radius 2 is 2.44 bits per heavy atom. The molecule has 16 heavy (non-hydrogen) atoms. The second-order valence-electron chi connectivity index (χ2n) is 3.24. The quantitative estimate of drug-likeness (QED) is 0.570. The third-order valence-electron chi connectivity index (χ3n) is 1.90. The van der Waals surface area contributed by atoms with Crippen molar-refractivity contribution in [3.05, 3.63) is 18.0 Å². The number of carboxylic acids is 1. The largest absolute Gasteiger partial charge is 0.480 e. The highest BCUT2D eigenvalue weighted by Gasteiger charge is 2.16. The maximum Gasteiger partial charge on any atom is 0.321 e. The van der Waals surface area contributed by atoms with Gasteiger partial charge < -0.3 is 10.4 Å². The predicted molar refractivity (Wildman–Crippen MR) is 62.6 cm³/mol. The molecule has 6 heteroatoms. The Labute approximate surface area is 98.7 Å². The van der Waals surface area contributed by atoms with E-state index in [-0.39, 0.29) is 0 Å². The molecule has 0 fully saturated rings. The van der Waals surface area contributed by atoms with Crippen LogP contribution in [0.5, 0.6) is 0 Å². The van der Waals surface area contributed by atoms with Crippen molar-refractivity contribution >= 4 is 17.7 Å². The van der Waals surface area contributed by atoms with Crippen LogP contribution in [0.2, 0.25) is 0 Å². The first-order valence-electron chi connectivity index (χ1n) is 5.02. The third kappa shape index (κ3) is 4.16. The van der Waals surface area contributed by atoms with Crippen molar-refractivity contribution in [3.8, 4) is 0 Å². The molecule has 2 N–H and O–H groups in total. The lowest BCUT2D eigenvalue weighted by Gasteiger charge is -2.11. The third-order valence-corrected chi connectivity index (χ3v) is 2.86. The molecule has 5 nitrogen and oxygen atoms in total. The lowest BCUT2D eigenvalue weighted by molar-refractivity contribution is -0.138. The number of nitrogens with one attached hydrogen (secondary N) is 1. The molecule has 0 amide bonds. The molecular weight excluding hydrogens is 226 g/mol. The SMILES string of the molecule is CCNC(CSc1nccc(C)n1)C(=O)O. The van der Waals surface area contributed by atoms with Crippen LogP contribution in [0.3, 0.4) is 0 Å². The minimum atomic E-state index is -0.845. The monoisotopic (exact) mass is 241 g/mol. The van der Waals surface area contributed by atoms with E-state index in [9.17, 15) is 4.79 Å². The predicted octanol–water partition coefficient (Wildman–Crippen LogP) is 0.940. The molecule has 0 spiro atoms. The number of carboxylic acid groups (broad SMARTS) is 1. The number of likely N-dealkylation sites (N-methyl/N-ethyl adjacent to an activating group) is 1. The molecule has 0 aliphatic heterocycles. The van der Waals surface area contributed by atoms with E-state index in [0.717, 1.165) is 5.69 Å². The molecule has 1 unspecified atom stereocenters. The Bertz CT molecular complexity index is 360. The summed E-state index contributed by atoms with van der Waals surface area (Å²) in [7, 11) is 0. The highest BCUT2D eigenvalue weighted by molar-refractivity contribution is 7.99. The number of rotatable bonds is 6. The Balaban J connectivity index is 2.51. The first kappa shape index (κ1) is 12.9. The van der Waals surface area contributed by atoms with Gasteiger partial charge in [0.25, 0.3) is 0 Å². The topological polar surface area (TPSA) is 75.1 Å². The molecule has 0 radical (unpaired) electrons. The van der Waals surface area contributed by atoms with Crippen molar-refractivity contribution < 1.29 is 9.90 Å². The average molecular weight is 241 g/mol. The molecular formula is C10H15N3O2S. The smallest absolute Gasteiger partial charge is 0.321 e. The van der Waals surface area contributed by atoms with E-state index in [1.807, 2.05) is 19.9 Å². The summed E-state index contributed by atoms with van der Waals surface area (Å²) in [5, 5.41) is 12.4. The van der Waals surface area contributed by atoms with Gasteiger partial charge in [0.15, 0.2) is 5.16 Å². The summed E-state index contributed by atoms with van der Waals surface area (Å²) < 4.78 is 0. The Kier molecular flexibility index (Phi) is 5.21. The summed E-state index contributed by atoms with van der Waals surface area (Å²) in [6.07, 6.45) is 1.67. The van der Waals surface area contributed by atoms with Gasteiger partial charge in [-0.2, -0.15) is 0 Å². The van der Waals surface area contributed by atoms with E-state index in [1.165, 1.54) is 11.8 Å². The molecule has 88 valence electrons. The van der Waals surface area contributed by atoms with Crippen LogP contribution in [0.25, 0.3) is 0 Å². The maximum atomic E-state index is 10.9. The van der Waals surface area contributed by atoms with Crippen LogP contribution in [0, 0.1) is 6.92 Å². The minimum absolute atomic E-state index is 0.423. The Hall–Kier alpha value is -1.14. The van der Waals surface area contributed by atoms with E-state index in [1.54, 1.807) is 6.20 Å². The molecule has 1 aromatic rings. The van der Waals surface area contributed by atoms with E-state index < -0.39 is 12.0 Å². The van der Waals surface area contributed by atoms with Crippen LogP contribution in [0.4, 0.5) is 0 Å². The van der Waals surface area contributed by atoms with Crippen LogP contribution < -0.4 is 5.32 Å². The Morgan fingerprint density at radius 3 is 3.00 bits per heavy atom. The normalized spacial score (nSPS) is 12.4. The van der Waals surface area contributed by atoms with Crippen molar-refractivity contribution in [3.63, 3.8) is 0 Å². The molecule has 0 bridgehead atoms. The summed E-state index contributed by atoms with van der Waals surface area (Å²) in [6, 6.07) is 1.25. The summed E-state index contributed by atoms with van der Waals surface area (Å²) >= 11 is 1.35. The number of thioether (sulfide) groups is 1. The van der Waals surface area contributed by atoms with Gasteiger partial charge >= 0.3 is 5.97 Å². The van der Waals surface area contributed by atoms with Gasteiger partial charge in [0, 0.05) is 17.6 Å². The molecule has 1 heterocycles. The van der Waals surface area contributed by atoms with Crippen LogP contribution in [-0.2, 0) is 4.79 Å². The summed E-state index contributed by atoms with van der Waals surface area (Å²) in [4.78, 5) is 19.1. The molecule has 0 saturated carbocycles. The zero-order valence-corrected chi connectivity index (χ0v) is 10.1. The number of aromatic nitrogens is 2. The van der Waals surface area contributed by atoms with Gasteiger partial charge in [0.05, 0.1) is 0 Å². The summed E-state index contributed by atoms with van der Waals surface area (Å²) in [5.74, 6) is -0.422. The molecule has 0 aliphatic carbocycles. The standard InChI is InChI=1S/C10H15N3O2S/c1-3-11-8(9(14)15)6-16-10-12-5-4-7(2)13-10/h4-5,8,11H,3,6H2,1-2H3,(H,14,15). The number of hydrogen-bond acceptors (Lipinski definition) is 5. The second-order valence-corrected chi connectivity index (χ2v) is 4.23. The fourth-order valence-corrected chi connectivity index (χ4v) is 2.04. The fourth-order valence-electron chi connectivity index (χ4n) is 1.12. The van der Waals surface area contributed by atoms with E-state index >= 15 is 0 Å². The van der Waals surface area contributed by atoms with Crippen LogP contribution in [0.15, 0.2) is 17.4 Å². The van der Waals surface area contributed by atoms with Gasteiger partial charge in [-0.3, -0.25) is 4.79 Å². The van der Waals surface area contributed by atoms with Crippen molar-refractivity contribution in [1.29, 1.82) is 0 Å². The molecule has 1 aromatic heterocycles. The molecule has 1 rings (SSSR count). The van der Waals surface area contributed by atoms with E-state index in [4.69, 9.17) is 5.11 Å². The van der Waals surface area contributed by atoms with Crippen LogP contribution >= 0.6 is 11.8 Å². The average Bonchev–Trinajstić information content (AvgIpc) is 2.24. The molecule has 0 saturated heterocycles. The summed E-state index contributed by atoms with van der Waals surface area (Å²) in [6.45, 7) is 4.39. The van der Waals surface area contributed by atoms with E-state index in [0.29, 0.717) is 17.5 Å². The number of hydrogen-bond donors (Lipinski definition) is 2. The van der Waals surface area contributed by atoms with Gasteiger partial charge in [-0.15, -0.1) is 0 Å². The number of aryl methyl sites for hydroxylation is 1. The molecule has 1 atom stereocenters. The summed E-state index contributed by atoms with van der Waals surface area (Å²) in [5.41, 5.74) is 0.882. The highest BCUT2D eigenvalue weighted by atomic mass is 32.2. The van der Waals surface area contributed by atoms with Crippen molar-refractivity contribution in [2.24, 2.45) is 0 Å². The van der Waals surface area contributed by atoms with Gasteiger partial charge in [-0.1, -0.05) is 18.7 Å². The lowest BCUT2D eigenvalue weighted by Crippen LogP contribution is -2.38. The lowest BCUT2D eigenvalue weighted by atomic mass is 10.3. The number of nitrogens with zero attached hydrogens (tertiary/aromatic N) is 2. The zero-order valence-electron chi connectivity index (χ0n) is 9.30. The zero-order chi connectivity index (χ0) is 12.0. The van der Waals surface area contributed by atoms with Crippen molar-refractivity contribution in [2.45, 2.75) is 25.0 Å². The fraction of sp³-hybridized carbons (Fsp3) is 0.500. The van der Waals surface area contributed by atoms with Gasteiger partial charge in [-0.05, 0) is 19.5 Å². The molecule has 0 aromatic carbocycles. The van der Waals surface area contributed by atoms with Crippen molar-refractivity contribution in [1.82, 2.24) is 15.3 Å². The minimum Gasteiger partial charge on any atom is -0.480 e. The number of aliphatic carboxylic acids is 1. The van der Waals surface area contributed by atoms with Crippen LogP contribution in [-0.4, -0.2) is 39.4 Å².